The molecule has 3 aromatic rings. The molecule has 1 unspecified atom stereocenters. The van der Waals surface area contributed by atoms with E-state index in [4.69, 9.17) is 13.9 Å². The Labute approximate surface area is 163 Å². The van der Waals surface area contributed by atoms with Crippen LogP contribution in [0.2, 0.25) is 0 Å². The first-order valence-electron chi connectivity index (χ1n) is 9.06. The molecule has 0 saturated carbocycles. The number of nitrogens with zero attached hydrogens (tertiary/aromatic N) is 1. The molecule has 0 radical (unpaired) electrons. The van der Waals surface area contributed by atoms with Crippen LogP contribution < -0.4 is 10.1 Å². The van der Waals surface area contributed by atoms with Gasteiger partial charge in [-0.15, -0.1) is 0 Å². The summed E-state index contributed by atoms with van der Waals surface area (Å²) in [6.45, 7) is 0.788. The van der Waals surface area contributed by atoms with Gasteiger partial charge in [-0.3, -0.25) is 4.79 Å². The maximum atomic E-state index is 13.3. The third-order valence-electron chi connectivity index (χ3n) is 4.85. The molecule has 0 aliphatic carbocycles. The summed E-state index contributed by atoms with van der Waals surface area (Å²) < 4.78 is 16.2. The van der Waals surface area contributed by atoms with Gasteiger partial charge in [0, 0.05) is 18.4 Å². The van der Waals surface area contributed by atoms with Crippen LogP contribution in [0.15, 0.2) is 65.3 Å². The van der Waals surface area contributed by atoms with Gasteiger partial charge in [-0.1, -0.05) is 18.2 Å². The van der Waals surface area contributed by atoms with Crippen molar-refractivity contribution < 1.29 is 18.7 Å². The largest absolute Gasteiger partial charge is 0.496 e. The van der Waals surface area contributed by atoms with Crippen LogP contribution in [-0.4, -0.2) is 25.0 Å². The minimum atomic E-state index is -0.339. The van der Waals surface area contributed by atoms with E-state index in [0.717, 1.165) is 28.3 Å². The van der Waals surface area contributed by atoms with Gasteiger partial charge in [-0.05, 0) is 42.0 Å². The number of fused-ring (bicyclic) bond motifs is 1. The fourth-order valence-electron chi connectivity index (χ4n) is 3.53. The number of methoxy groups -OCH3 is 2. The quantitative estimate of drug-likeness (QED) is 0.696. The second kappa shape index (κ2) is 7.78. The van der Waals surface area contributed by atoms with Crippen molar-refractivity contribution in [2.45, 2.75) is 19.3 Å². The molecule has 0 saturated heterocycles. The van der Waals surface area contributed by atoms with Crippen molar-refractivity contribution in [2.24, 2.45) is 0 Å². The lowest BCUT2D eigenvalue weighted by atomic mass is 10.0. The summed E-state index contributed by atoms with van der Waals surface area (Å²) in [4.78, 5) is 15.0. The zero-order valence-corrected chi connectivity index (χ0v) is 15.8. The molecule has 1 aliphatic rings. The SMILES string of the molecule is COCc1cc(C2Nc3ccccc3C(=O)N2Cc2ccco2)ccc1OC. The van der Waals surface area contributed by atoms with Crippen LogP contribution in [0.5, 0.6) is 5.75 Å². The highest BCUT2D eigenvalue weighted by Crippen LogP contribution is 2.35. The Morgan fingerprint density at radius 1 is 1.11 bits per heavy atom. The summed E-state index contributed by atoms with van der Waals surface area (Å²) in [6, 6.07) is 17.1. The Kier molecular flexibility index (Phi) is 5.04. The first-order valence-corrected chi connectivity index (χ1v) is 9.06. The molecule has 1 aromatic heterocycles. The minimum absolute atomic E-state index is 0.0418. The van der Waals surface area contributed by atoms with E-state index in [1.165, 1.54) is 0 Å². The summed E-state index contributed by atoms with van der Waals surface area (Å²) in [6.07, 6.45) is 1.28. The molecule has 0 fully saturated rings. The number of amides is 1. The molecule has 2 aromatic carbocycles. The molecule has 28 heavy (non-hydrogen) atoms. The number of ether oxygens (including phenoxy) is 2. The molecular weight excluding hydrogens is 356 g/mol. The first kappa shape index (κ1) is 18.1. The minimum Gasteiger partial charge on any atom is -0.496 e. The maximum Gasteiger partial charge on any atom is 0.258 e. The Morgan fingerprint density at radius 3 is 2.71 bits per heavy atom. The highest BCUT2D eigenvalue weighted by Gasteiger charge is 2.33. The fraction of sp³-hybridized carbons (Fsp3) is 0.227. The number of carbonyl (C=O) groups is 1. The number of furan rings is 1. The highest BCUT2D eigenvalue weighted by molar-refractivity contribution is 6.01. The van der Waals surface area contributed by atoms with Crippen molar-refractivity contribution in [3.63, 3.8) is 0 Å². The molecule has 4 rings (SSSR count). The Hall–Kier alpha value is -3.25. The first-order chi connectivity index (χ1) is 13.7. The number of carbonyl (C=O) groups excluding carboxylic acids is 1. The molecule has 1 atom stereocenters. The monoisotopic (exact) mass is 378 g/mol. The summed E-state index contributed by atoms with van der Waals surface area (Å²) in [5, 5.41) is 3.49. The number of hydrogen-bond acceptors (Lipinski definition) is 5. The number of rotatable bonds is 6. The van der Waals surface area contributed by atoms with Crippen molar-refractivity contribution >= 4 is 11.6 Å². The van der Waals surface area contributed by atoms with Crippen molar-refractivity contribution in [1.29, 1.82) is 0 Å². The standard InChI is InChI=1S/C22H22N2O4/c1-26-14-16-12-15(9-10-20(16)27-2)21-23-19-8-4-3-7-18(19)22(25)24(21)13-17-6-5-11-28-17/h3-12,21,23H,13-14H2,1-2H3. The van der Waals surface area contributed by atoms with Gasteiger partial charge in [0.15, 0.2) is 0 Å². The van der Waals surface area contributed by atoms with Crippen molar-refractivity contribution in [3.05, 3.63) is 83.3 Å². The summed E-state index contributed by atoms with van der Waals surface area (Å²) in [5.41, 5.74) is 3.34. The maximum absolute atomic E-state index is 13.3. The zero-order chi connectivity index (χ0) is 19.5. The van der Waals surface area contributed by atoms with E-state index in [1.54, 1.807) is 25.4 Å². The smallest absolute Gasteiger partial charge is 0.258 e. The van der Waals surface area contributed by atoms with Gasteiger partial charge in [0.2, 0.25) is 0 Å². The molecule has 144 valence electrons. The van der Waals surface area contributed by atoms with Gasteiger partial charge in [0.05, 0.1) is 32.1 Å². The van der Waals surface area contributed by atoms with Crippen molar-refractivity contribution in [1.82, 2.24) is 4.90 Å². The number of nitrogens with one attached hydrogen (secondary N) is 1. The molecule has 0 spiro atoms. The van der Waals surface area contributed by atoms with E-state index in [-0.39, 0.29) is 12.1 Å². The zero-order valence-electron chi connectivity index (χ0n) is 15.8. The van der Waals surface area contributed by atoms with Crippen LogP contribution >= 0.6 is 0 Å². The summed E-state index contributed by atoms with van der Waals surface area (Å²) in [7, 11) is 3.28. The second-order valence-electron chi connectivity index (χ2n) is 6.61. The third-order valence-corrected chi connectivity index (χ3v) is 4.85. The Balaban J connectivity index is 1.76. The van der Waals surface area contributed by atoms with Gasteiger partial charge >= 0.3 is 0 Å². The lowest BCUT2D eigenvalue weighted by Gasteiger charge is -2.38. The average molecular weight is 378 g/mol. The molecule has 6 heteroatoms. The van der Waals surface area contributed by atoms with Gasteiger partial charge in [0.25, 0.3) is 5.91 Å². The van der Waals surface area contributed by atoms with Gasteiger partial charge in [-0.25, -0.2) is 0 Å². The molecule has 1 N–H and O–H groups in total. The molecule has 1 amide bonds. The van der Waals surface area contributed by atoms with Crippen LogP contribution in [0.25, 0.3) is 0 Å². The Morgan fingerprint density at radius 2 is 1.96 bits per heavy atom. The van der Waals surface area contributed by atoms with E-state index >= 15 is 0 Å². The van der Waals surface area contributed by atoms with E-state index < -0.39 is 0 Å². The van der Waals surface area contributed by atoms with Crippen LogP contribution in [0, 0.1) is 0 Å². The number of hydrogen-bond donors (Lipinski definition) is 1. The predicted molar refractivity (Wildman–Crippen MR) is 105 cm³/mol. The lowest BCUT2D eigenvalue weighted by molar-refractivity contribution is 0.0651. The van der Waals surface area contributed by atoms with Crippen LogP contribution in [0.1, 0.15) is 33.4 Å². The average Bonchev–Trinajstić information content (AvgIpc) is 3.23. The fourth-order valence-corrected chi connectivity index (χ4v) is 3.53. The van der Waals surface area contributed by atoms with Crippen molar-refractivity contribution in [2.75, 3.05) is 19.5 Å². The molecule has 6 nitrogen and oxygen atoms in total. The van der Waals surface area contributed by atoms with Crippen molar-refractivity contribution in [3.8, 4) is 5.75 Å². The van der Waals surface area contributed by atoms with E-state index in [9.17, 15) is 4.79 Å². The number of anilines is 1. The van der Waals surface area contributed by atoms with E-state index in [1.807, 2.05) is 54.6 Å². The van der Waals surface area contributed by atoms with Gasteiger partial charge < -0.3 is 24.1 Å². The molecule has 0 bridgehead atoms. The number of benzene rings is 2. The third kappa shape index (κ3) is 3.34. The second-order valence-corrected chi connectivity index (χ2v) is 6.61. The van der Waals surface area contributed by atoms with Crippen LogP contribution in [-0.2, 0) is 17.9 Å². The summed E-state index contributed by atoms with van der Waals surface area (Å²) in [5.74, 6) is 1.44. The lowest BCUT2D eigenvalue weighted by Crippen LogP contribution is -2.42. The molecule has 1 aliphatic heterocycles. The highest BCUT2D eigenvalue weighted by atomic mass is 16.5. The Bertz CT molecular complexity index is 968. The van der Waals surface area contributed by atoms with E-state index in [0.29, 0.717) is 18.7 Å². The normalized spacial score (nSPS) is 15.9. The molecular formula is C22H22N2O4. The van der Waals surface area contributed by atoms with Gasteiger partial charge in [0.1, 0.15) is 17.7 Å². The summed E-state index contributed by atoms with van der Waals surface area (Å²) >= 11 is 0. The number of para-hydroxylation sites is 1. The van der Waals surface area contributed by atoms with E-state index in [2.05, 4.69) is 5.32 Å². The molecule has 2 heterocycles. The van der Waals surface area contributed by atoms with Gasteiger partial charge in [-0.2, -0.15) is 0 Å². The predicted octanol–water partition coefficient (Wildman–Crippen LogP) is 4.20. The van der Waals surface area contributed by atoms with Crippen LogP contribution in [0.3, 0.4) is 0 Å². The topological polar surface area (TPSA) is 63.9 Å². The van der Waals surface area contributed by atoms with Crippen LogP contribution in [0.4, 0.5) is 5.69 Å².